The first-order chi connectivity index (χ1) is 18.4. The number of para-hydroxylation sites is 1. The SMILES string of the molecule is CCc1cccc(C)c1-n1c(CNC(=O)c2ccc(OC)cc2)nnc1SCC(=O)Nc1ccc(C)cc1. The molecule has 1 aromatic heterocycles. The van der Waals surface area contributed by atoms with Gasteiger partial charge in [-0.2, -0.15) is 0 Å². The number of benzene rings is 3. The van der Waals surface area contributed by atoms with Crippen LogP contribution in [0.3, 0.4) is 0 Å². The Morgan fingerprint density at radius 1 is 0.974 bits per heavy atom. The quantitative estimate of drug-likeness (QED) is 0.277. The van der Waals surface area contributed by atoms with E-state index in [9.17, 15) is 9.59 Å². The molecule has 0 aliphatic heterocycles. The second-order valence-corrected chi connectivity index (χ2v) is 9.73. The summed E-state index contributed by atoms with van der Waals surface area (Å²) in [5, 5.41) is 15.3. The Labute approximate surface area is 226 Å². The molecular weight excluding hydrogens is 498 g/mol. The van der Waals surface area contributed by atoms with Gasteiger partial charge in [0.2, 0.25) is 5.91 Å². The minimum Gasteiger partial charge on any atom is -0.497 e. The Kier molecular flexibility index (Phi) is 8.81. The van der Waals surface area contributed by atoms with Gasteiger partial charge in [0.15, 0.2) is 11.0 Å². The zero-order valence-corrected chi connectivity index (χ0v) is 22.8. The number of thioether (sulfide) groups is 1. The van der Waals surface area contributed by atoms with E-state index in [1.807, 2.05) is 54.8 Å². The first kappa shape index (κ1) is 26.9. The van der Waals surface area contributed by atoms with E-state index in [0.717, 1.165) is 34.5 Å². The van der Waals surface area contributed by atoms with Crippen molar-refractivity contribution in [2.24, 2.45) is 0 Å². The minimum atomic E-state index is -0.227. The van der Waals surface area contributed by atoms with Crippen LogP contribution in [0, 0.1) is 13.8 Å². The lowest BCUT2D eigenvalue weighted by Crippen LogP contribution is -2.25. The van der Waals surface area contributed by atoms with Crippen LogP contribution in [0.5, 0.6) is 5.75 Å². The van der Waals surface area contributed by atoms with Gasteiger partial charge in [0.05, 0.1) is 25.1 Å². The molecule has 38 heavy (non-hydrogen) atoms. The van der Waals surface area contributed by atoms with Gasteiger partial charge in [0.1, 0.15) is 5.75 Å². The smallest absolute Gasteiger partial charge is 0.251 e. The highest BCUT2D eigenvalue weighted by molar-refractivity contribution is 7.99. The van der Waals surface area contributed by atoms with Gasteiger partial charge in [0.25, 0.3) is 5.91 Å². The number of hydrogen-bond acceptors (Lipinski definition) is 6. The van der Waals surface area contributed by atoms with Gasteiger partial charge < -0.3 is 15.4 Å². The summed E-state index contributed by atoms with van der Waals surface area (Å²) in [7, 11) is 1.58. The van der Waals surface area contributed by atoms with Crippen LogP contribution in [-0.4, -0.2) is 39.4 Å². The van der Waals surface area contributed by atoms with Crippen molar-refractivity contribution in [3.05, 3.63) is 94.8 Å². The van der Waals surface area contributed by atoms with E-state index in [0.29, 0.717) is 22.3 Å². The number of nitrogens with zero attached hydrogens (tertiary/aromatic N) is 3. The second kappa shape index (κ2) is 12.4. The lowest BCUT2D eigenvalue weighted by atomic mass is 10.1. The molecule has 9 heteroatoms. The first-order valence-electron chi connectivity index (χ1n) is 12.3. The number of nitrogens with one attached hydrogen (secondary N) is 2. The van der Waals surface area contributed by atoms with E-state index >= 15 is 0 Å². The van der Waals surface area contributed by atoms with Crippen LogP contribution in [0.4, 0.5) is 5.69 Å². The van der Waals surface area contributed by atoms with Crippen molar-refractivity contribution >= 4 is 29.3 Å². The molecule has 4 rings (SSSR count). The highest BCUT2D eigenvalue weighted by Crippen LogP contribution is 2.28. The molecule has 196 valence electrons. The summed E-state index contributed by atoms with van der Waals surface area (Å²) in [4.78, 5) is 25.5. The van der Waals surface area contributed by atoms with Gasteiger partial charge in [-0.15, -0.1) is 10.2 Å². The molecule has 0 saturated heterocycles. The van der Waals surface area contributed by atoms with Crippen LogP contribution < -0.4 is 15.4 Å². The molecule has 0 atom stereocenters. The van der Waals surface area contributed by atoms with Crippen LogP contribution in [0.15, 0.2) is 71.9 Å². The Morgan fingerprint density at radius 2 is 1.71 bits per heavy atom. The van der Waals surface area contributed by atoms with Crippen LogP contribution >= 0.6 is 11.8 Å². The standard InChI is InChI=1S/C29H31N5O3S/c1-5-21-8-6-7-20(3)27(21)34-25(17-30-28(36)22-11-15-24(37-4)16-12-22)32-33-29(34)38-18-26(35)31-23-13-9-19(2)10-14-23/h6-16H,5,17-18H2,1-4H3,(H,30,36)(H,31,35). The summed E-state index contributed by atoms with van der Waals surface area (Å²) in [6.45, 7) is 6.30. The average molecular weight is 530 g/mol. The van der Waals surface area contributed by atoms with Crippen molar-refractivity contribution in [2.45, 2.75) is 38.9 Å². The number of amides is 2. The number of aryl methyl sites for hydroxylation is 3. The molecule has 8 nitrogen and oxygen atoms in total. The Morgan fingerprint density at radius 3 is 2.39 bits per heavy atom. The second-order valence-electron chi connectivity index (χ2n) is 8.78. The molecule has 0 aliphatic rings. The first-order valence-corrected chi connectivity index (χ1v) is 13.3. The van der Waals surface area contributed by atoms with Crippen LogP contribution in [0.1, 0.15) is 39.8 Å². The van der Waals surface area contributed by atoms with Crippen molar-refractivity contribution in [3.63, 3.8) is 0 Å². The summed E-state index contributed by atoms with van der Waals surface area (Å²) < 4.78 is 7.12. The lowest BCUT2D eigenvalue weighted by Gasteiger charge is -2.17. The fraction of sp³-hybridized carbons (Fsp3) is 0.241. The third-order valence-corrected chi connectivity index (χ3v) is 6.98. The predicted octanol–water partition coefficient (Wildman–Crippen LogP) is 5.12. The van der Waals surface area contributed by atoms with E-state index in [-0.39, 0.29) is 24.1 Å². The topological polar surface area (TPSA) is 98.1 Å². The monoisotopic (exact) mass is 529 g/mol. The number of hydrogen-bond donors (Lipinski definition) is 2. The fourth-order valence-electron chi connectivity index (χ4n) is 4.03. The third-order valence-electron chi connectivity index (χ3n) is 6.05. The zero-order chi connectivity index (χ0) is 27.1. The maximum atomic E-state index is 12.8. The summed E-state index contributed by atoms with van der Waals surface area (Å²) in [5.74, 6) is 1.06. The predicted molar refractivity (Wildman–Crippen MR) is 150 cm³/mol. The highest BCUT2D eigenvalue weighted by Gasteiger charge is 2.20. The minimum absolute atomic E-state index is 0.136. The summed E-state index contributed by atoms with van der Waals surface area (Å²) in [6, 6.07) is 20.7. The van der Waals surface area contributed by atoms with E-state index in [1.165, 1.54) is 11.8 Å². The van der Waals surface area contributed by atoms with Crippen molar-refractivity contribution in [1.29, 1.82) is 0 Å². The molecule has 0 bridgehead atoms. The zero-order valence-electron chi connectivity index (χ0n) is 21.9. The number of methoxy groups -OCH3 is 1. The number of carbonyl (C=O) groups is 2. The highest BCUT2D eigenvalue weighted by atomic mass is 32.2. The molecule has 0 spiro atoms. The summed E-state index contributed by atoms with van der Waals surface area (Å²) in [5.41, 5.74) is 5.54. The van der Waals surface area contributed by atoms with Crippen LogP contribution in [0.25, 0.3) is 5.69 Å². The fourth-order valence-corrected chi connectivity index (χ4v) is 4.78. The molecule has 0 fully saturated rings. The van der Waals surface area contributed by atoms with E-state index in [2.05, 4.69) is 33.8 Å². The van der Waals surface area contributed by atoms with Gasteiger partial charge in [-0.3, -0.25) is 14.2 Å². The maximum absolute atomic E-state index is 12.8. The Bertz CT molecular complexity index is 1420. The summed E-state index contributed by atoms with van der Waals surface area (Å²) >= 11 is 1.31. The number of carbonyl (C=O) groups excluding carboxylic acids is 2. The molecule has 0 aliphatic carbocycles. The molecule has 0 unspecified atom stereocenters. The number of anilines is 1. The van der Waals surface area contributed by atoms with Crippen LogP contribution in [-0.2, 0) is 17.8 Å². The van der Waals surface area contributed by atoms with E-state index in [1.54, 1.807) is 31.4 Å². The van der Waals surface area contributed by atoms with Gasteiger partial charge in [-0.05, 0) is 67.8 Å². The van der Waals surface area contributed by atoms with Gasteiger partial charge in [-0.25, -0.2) is 0 Å². The third kappa shape index (κ3) is 6.41. The molecule has 2 N–H and O–H groups in total. The lowest BCUT2D eigenvalue weighted by molar-refractivity contribution is -0.113. The Hall–Kier alpha value is -4.11. The van der Waals surface area contributed by atoms with Gasteiger partial charge in [-0.1, -0.05) is 54.6 Å². The van der Waals surface area contributed by atoms with Gasteiger partial charge in [0, 0.05) is 11.3 Å². The number of rotatable bonds is 10. The molecule has 0 radical (unpaired) electrons. The van der Waals surface area contributed by atoms with Crippen molar-refractivity contribution in [1.82, 2.24) is 20.1 Å². The number of aromatic nitrogens is 3. The maximum Gasteiger partial charge on any atom is 0.251 e. The molecule has 1 heterocycles. The number of ether oxygens (including phenoxy) is 1. The van der Waals surface area contributed by atoms with Crippen molar-refractivity contribution < 1.29 is 14.3 Å². The molecule has 3 aromatic carbocycles. The van der Waals surface area contributed by atoms with E-state index < -0.39 is 0 Å². The molecule has 4 aromatic rings. The van der Waals surface area contributed by atoms with Gasteiger partial charge >= 0.3 is 0 Å². The largest absolute Gasteiger partial charge is 0.497 e. The van der Waals surface area contributed by atoms with Crippen molar-refractivity contribution in [3.8, 4) is 11.4 Å². The normalized spacial score (nSPS) is 10.7. The molecule has 0 saturated carbocycles. The summed E-state index contributed by atoms with van der Waals surface area (Å²) in [6.07, 6.45) is 0.810. The van der Waals surface area contributed by atoms with Crippen molar-refractivity contribution in [2.75, 3.05) is 18.2 Å². The van der Waals surface area contributed by atoms with Crippen LogP contribution in [0.2, 0.25) is 0 Å². The Balaban J connectivity index is 1.56. The molecule has 2 amide bonds. The molecular formula is C29H31N5O3S. The average Bonchev–Trinajstić information content (AvgIpc) is 3.33. The van der Waals surface area contributed by atoms with E-state index in [4.69, 9.17) is 4.74 Å².